The van der Waals surface area contributed by atoms with Crippen LogP contribution in [0.4, 0.5) is 0 Å². The summed E-state index contributed by atoms with van der Waals surface area (Å²) in [5.41, 5.74) is 0.816. The van der Waals surface area contributed by atoms with E-state index in [1.54, 1.807) is 0 Å². The fourth-order valence-electron chi connectivity index (χ4n) is 1.54. The molecule has 0 saturated carbocycles. The molecule has 0 aromatic carbocycles. The van der Waals surface area contributed by atoms with Crippen LogP contribution in [-0.4, -0.2) is 29.4 Å². The molecule has 0 radical (unpaired) electrons. The van der Waals surface area contributed by atoms with E-state index in [0.717, 1.165) is 12.2 Å². The molecule has 1 N–H and O–H groups in total. The summed E-state index contributed by atoms with van der Waals surface area (Å²) in [4.78, 5) is 13.8. The van der Waals surface area contributed by atoms with Crippen LogP contribution >= 0.6 is 0 Å². The molecule has 3 heteroatoms. The highest BCUT2D eigenvalue weighted by atomic mass is 16.2. The molecular weight excluding hydrogens is 188 g/mol. The Morgan fingerprint density at radius 2 is 1.93 bits per heavy atom. The molecule has 3 nitrogen and oxygen atoms in total. The van der Waals surface area contributed by atoms with Crippen molar-refractivity contribution in [2.45, 2.75) is 46.6 Å². The molecule has 0 spiro atoms. The lowest BCUT2D eigenvalue weighted by Crippen LogP contribution is -2.46. The van der Waals surface area contributed by atoms with Gasteiger partial charge in [-0.05, 0) is 34.6 Å². The zero-order valence-electron chi connectivity index (χ0n) is 10.7. The van der Waals surface area contributed by atoms with Gasteiger partial charge in [0.1, 0.15) is 0 Å². The summed E-state index contributed by atoms with van der Waals surface area (Å²) >= 11 is 0. The summed E-state index contributed by atoms with van der Waals surface area (Å²) < 4.78 is 0. The molecule has 0 aliphatic rings. The van der Waals surface area contributed by atoms with E-state index in [0.29, 0.717) is 13.0 Å². The van der Waals surface area contributed by atoms with Crippen LogP contribution in [-0.2, 0) is 4.79 Å². The van der Waals surface area contributed by atoms with Gasteiger partial charge in [-0.25, -0.2) is 0 Å². The van der Waals surface area contributed by atoms with Crippen molar-refractivity contribution in [2.24, 2.45) is 0 Å². The lowest BCUT2D eigenvalue weighted by Gasteiger charge is -2.35. The fourth-order valence-corrected chi connectivity index (χ4v) is 1.54. The lowest BCUT2D eigenvalue weighted by molar-refractivity contribution is -0.135. The molecule has 0 aromatic rings. The molecule has 0 aromatic heterocycles. The van der Waals surface area contributed by atoms with Crippen molar-refractivity contribution in [1.29, 1.82) is 0 Å². The SMILES string of the molecule is C=C(C)NCCC(=O)N(CC)C(C)(C)C. The molecule has 0 bridgehead atoms. The monoisotopic (exact) mass is 212 g/mol. The summed E-state index contributed by atoms with van der Waals surface area (Å²) in [5, 5.41) is 3.06. The van der Waals surface area contributed by atoms with E-state index in [4.69, 9.17) is 0 Å². The maximum Gasteiger partial charge on any atom is 0.224 e. The van der Waals surface area contributed by atoms with E-state index in [-0.39, 0.29) is 11.4 Å². The van der Waals surface area contributed by atoms with E-state index in [2.05, 4.69) is 32.7 Å². The summed E-state index contributed by atoms with van der Waals surface area (Å²) in [6.07, 6.45) is 0.526. The fraction of sp³-hybridized carbons (Fsp3) is 0.750. The van der Waals surface area contributed by atoms with Gasteiger partial charge in [0.05, 0.1) is 0 Å². The minimum atomic E-state index is -0.0882. The second-order valence-corrected chi connectivity index (χ2v) is 4.77. The van der Waals surface area contributed by atoms with Gasteiger partial charge < -0.3 is 10.2 Å². The second-order valence-electron chi connectivity index (χ2n) is 4.77. The van der Waals surface area contributed by atoms with Crippen molar-refractivity contribution in [1.82, 2.24) is 10.2 Å². The number of carbonyl (C=O) groups excluding carboxylic acids is 1. The highest BCUT2D eigenvalue weighted by molar-refractivity contribution is 5.77. The first-order chi connectivity index (χ1) is 6.79. The Labute approximate surface area is 93.5 Å². The second kappa shape index (κ2) is 5.79. The van der Waals surface area contributed by atoms with Crippen LogP contribution in [0.25, 0.3) is 0 Å². The van der Waals surface area contributed by atoms with Crippen LogP contribution in [0, 0.1) is 0 Å². The largest absolute Gasteiger partial charge is 0.389 e. The number of carbonyl (C=O) groups is 1. The van der Waals surface area contributed by atoms with Crippen LogP contribution in [0.15, 0.2) is 12.3 Å². The molecule has 0 atom stereocenters. The zero-order valence-corrected chi connectivity index (χ0v) is 10.7. The minimum Gasteiger partial charge on any atom is -0.389 e. The topological polar surface area (TPSA) is 32.3 Å². The third-order valence-corrected chi connectivity index (χ3v) is 2.19. The van der Waals surface area contributed by atoms with Crippen LogP contribution in [0.5, 0.6) is 0 Å². The normalized spacial score (nSPS) is 11.0. The van der Waals surface area contributed by atoms with Crippen molar-refractivity contribution in [3.05, 3.63) is 12.3 Å². The Morgan fingerprint density at radius 1 is 1.40 bits per heavy atom. The standard InChI is InChI=1S/C12H24N2O/c1-7-14(12(4,5)6)11(15)8-9-13-10(2)3/h13H,2,7-9H2,1,3-6H3. The van der Waals surface area contributed by atoms with Crippen LogP contribution in [0.1, 0.15) is 41.0 Å². The predicted molar refractivity (Wildman–Crippen MR) is 64.6 cm³/mol. The van der Waals surface area contributed by atoms with E-state index < -0.39 is 0 Å². The first-order valence-electron chi connectivity index (χ1n) is 5.49. The summed E-state index contributed by atoms with van der Waals surface area (Å²) in [6, 6.07) is 0. The smallest absolute Gasteiger partial charge is 0.224 e. The van der Waals surface area contributed by atoms with Crippen molar-refractivity contribution in [3.63, 3.8) is 0 Å². The maximum absolute atomic E-state index is 11.9. The molecule has 0 unspecified atom stereocenters. The molecule has 88 valence electrons. The predicted octanol–water partition coefficient (Wildman–Crippen LogP) is 2.15. The Morgan fingerprint density at radius 3 is 2.27 bits per heavy atom. The number of rotatable bonds is 5. The van der Waals surface area contributed by atoms with E-state index in [1.807, 2.05) is 18.7 Å². The van der Waals surface area contributed by atoms with Gasteiger partial charge in [-0.1, -0.05) is 6.58 Å². The number of nitrogens with one attached hydrogen (secondary N) is 1. The highest BCUT2D eigenvalue weighted by Crippen LogP contribution is 2.13. The van der Waals surface area contributed by atoms with Crippen LogP contribution in [0.2, 0.25) is 0 Å². The van der Waals surface area contributed by atoms with Crippen molar-refractivity contribution in [2.75, 3.05) is 13.1 Å². The Hall–Kier alpha value is -0.990. The average molecular weight is 212 g/mol. The molecule has 15 heavy (non-hydrogen) atoms. The van der Waals surface area contributed by atoms with Crippen LogP contribution in [0.3, 0.4) is 0 Å². The third-order valence-electron chi connectivity index (χ3n) is 2.19. The molecule has 0 aliphatic heterocycles. The summed E-state index contributed by atoms with van der Waals surface area (Å²) in [5.74, 6) is 0.193. The molecule has 0 saturated heterocycles. The maximum atomic E-state index is 11.9. The van der Waals surface area contributed by atoms with Gasteiger partial charge >= 0.3 is 0 Å². The van der Waals surface area contributed by atoms with Gasteiger partial charge in [-0.15, -0.1) is 0 Å². The molecule has 0 aliphatic carbocycles. The molecular formula is C12H24N2O. The average Bonchev–Trinajstić information content (AvgIpc) is 2.01. The molecule has 0 fully saturated rings. The molecule has 0 rings (SSSR count). The number of allylic oxidation sites excluding steroid dienone is 1. The van der Waals surface area contributed by atoms with E-state index >= 15 is 0 Å². The molecule has 0 heterocycles. The Kier molecular flexibility index (Phi) is 5.40. The van der Waals surface area contributed by atoms with Crippen molar-refractivity contribution < 1.29 is 4.79 Å². The van der Waals surface area contributed by atoms with E-state index in [9.17, 15) is 4.79 Å². The number of nitrogens with zero attached hydrogens (tertiary/aromatic N) is 1. The zero-order chi connectivity index (χ0) is 12.1. The lowest BCUT2D eigenvalue weighted by atomic mass is 10.1. The van der Waals surface area contributed by atoms with Gasteiger partial charge in [0.15, 0.2) is 0 Å². The van der Waals surface area contributed by atoms with E-state index in [1.165, 1.54) is 0 Å². The Bertz CT molecular complexity index is 228. The third kappa shape index (κ3) is 5.45. The summed E-state index contributed by atoms with van der Waals surface area (Å²) in [6.45, 7) is 15.2. The van der Waals surface area contributed by atoms with Gasteiger partial charge in [0, 0.05) is 30.7 Å². The number of amides is 1. The number of hydrogen-bond donors (Lipinski definition) is 1. The van der Waals surface area contributed by atoms with Gasteiger partial charge in [0.2, 0.25) is 5.91 Å². The van der Waals surface area contributed by atoms with Gasteiger partial charge in [-0.2, -0.15) is 0 Å². The van der Waals surface area contributed by atoms with Crippen LogP contribution < -0.4 is 5.32 Å². The summed E-state index contributed by atoms with van der Waals surface area (Å²) in [7, 11) is 0. The number of hydrogen-bond acceptors (Lipinski definition) is 2. The van der Waals surface area contributed by atoms with Gasteiger partial charge in [-0.3, -0.25) is 4.79 Å². The Balaban J connectivity index is 4.12. The van der Waals surface area contributed by atoms with Gasteiger partial charge in [0.25, 0.3) is 0 Å². The quantitative estimate of drug-likeness (QED) is 0.757. The first-order valence-corrected chi connectivity index (χ1v) is 5.49. The minimum absolute atomic E-state index is 0.0882. The molecule has 1 amide bonds. The van der Waals surface area contributed by atoms with Crippen molar-refractivity contribution in [3.8, 4) is 0 Å². The highest BCUT2D eigenvalue weighted by Gasteiger charge is 2.23. The first kappa shape index (κ1) is 14.0. The van der Waals surface area contributed by atoms with Crippen molar-refractivity contribution >= 4 is 5.91 Å².